The molecule has 0 spiro atoms. The van der Waals surface area contributed by atoms with E-state index in [1.807, 2.05) is 43.3 Å². The molecular formula is C21H21N5O. The van der Waals surface area contributed by atoms with E-state index in [4.69, 9.17) is 0 Å². The molecule has 1 aliphatic heterocycles. The Kier molecular flexibility index (Phi) is 4.61. The monoisotopic (exact) mass is 359 g/mol. The number of nitriles is 1. The number of carbonyl (C=O) groups excluding carboxylic acids is 1. The number of rotatable bonds is 3. The van der Waals surface area contributed by atoms with E-state index in [1.54, 1.807) is 0 Å². The van der Waals surface area contributed by atoms with Crippen LogP contribution in [0.15, 0.2) is 36.4 Å². The fourth-order valence-electron chi connectivity index (χ4n) is 3.57. The SMILES string of the molecule is Cc1ccc(C#N)cc1-c1ccc2[nH]nc(NC(=O)[C@@H]3CCCNC3)c2c1. The van der Waals surface area contributed by atoms with Gasteiger partial charge in [-0.15, -0.1) is 0 Å². The van der Waals surface area contributed by atoms with Gasteiger partial charge in [-0.05, 0) is 67.3 Å². The summed E-state index contributed by atoms with van der Waals surface area (Å²) < 4.78 is 0. The second kappa shape index (κ2) is 7.22. The number of carbonyl (C=O) groups is 1. The number of fused-ring (bicyclic) bond motifs is 1. The predicted molar refractivity (Wildman–Crippen MR) is 105 cm³/mol. The second-order valence-electron chi connectivity index (χ2n) is 7.01. The smallest absolute Gasteiger partial charge is 0.229 e. The van der Waals surface area contributed by atoms with Gasteiger partial charge < -0.3 is 10.6 Å². The van der Waals surface area contributed by atoms with Gasteiger partial charge in [0.15, 0.2) is 5.82 Å². The molecule has 0 aliphatic carbocycles. The zero-order valence-electron chi connectivity index (χ0n) is 15.2. The number of nitrogens with zero attached hydrogens (tertiary/aromatic N) is 2. The van der Waals surface area contributed by atoms with Crippen molar-refractivity contribution < 1.29 is 4.79 Å². The number of nitrogens with one attached hydrogen (secondary N) is 3. The summed E-state index contributed by atoms with van der Waals surface area (Å²) in [5.74, 6) is 0.531. The molecule has 27 heavy (non-hydrogen) atoms. The van der Waals surface area contributed by atoms with Gasteiger partial charge in [0.25, 0.3) is 0 Å². The van der Waals surface area contributed by atoms with E-state index in [9.17, 15) is 10.1 Å². The van der Waals surface area contributed by atoms with Crippen molar-refractivity contribution >= 4 is 22.6 Å². The van der Waals surface area contributed by atoms with Gasteiger partial charge in [-0.25, -0.2) is 0 Å². The average Bonchev–Trinajstić information content (AvgIpc) is 3.11. The first-order chi connectivity index (χ1) is 13.2. The quantitative estimate of drug-likeness (QED) is 0.668. The Morgan fingerprint density at radius 1 is 1.30 bits per heavy atom. The lowest BCUT2D eigenvalue weighted by Crippen LogP contribution is -2.37. The number of anilines is 1. The van der Waals surface area contributed by atoms with Gasteiger partial charge in [-0.2, -0.15) is 10.4 Å². The van der Waals surface area contributed by atoms with Crippen LogP contribution < -0.4 is 10.6 Å². The van der Waals surface area contributed by atoms with Gasteiger partial charge in [0.05, 0.1) is 23.1 Å². The van der Waals surface area contributed by atoms with E-state index in [2.05, 4.69) is 26.9 Å². The first-order valence-corrected chi connectivity index (χ1v) is 9.16. The van der Waals surface area contributed by atoms with Gasteiger partial charge in [0.1, 0.15) is 0 Å². The minimum Gasteiger partial charge on any atom is -0.316 e. The van der Waals surface area contributed by atoms with Crippen LogP contribution in [0, 0.1) is 24.2 Å². The van der Waals surface area contributed by atoms with Gasteiger partial charge in [-0.1, -0.05) is 12.1 Å². The van der Waals surface area contributed by atoms with Crippen LogP contribution in [-0.4, -0.2) is 29.2 Å². The van der Waals surface area contributed by atoms with Crippen molar-refractivity contribution in [2.45, 2.75) is 19.8 Å². The van der Waals surface area contributed by atoms with Crippen LogP contribution in [0.5, 0.6) is 0 Å². The standard InChI is InChI=1S/C21H21N5O/c1-13-4-5-14(11-22)9-17(13)15-6-7-19-18(10-15)20(26-25-19)24-21(27)16-3-2-8-23-12-16/h4-7,9-10,16,23H,2-3,8,12H2,1H3,(H2,24,25,26,27)/t16-/m1/s1. The molecule has 0 saturated carbocycles. The average molecular weight is 359 g/mol. The number of amides is 1. The van der Waals surface area contributed by atoms with Crippen LogP contribution in [0.25, 0.3) is 22.0 Å². The molecule has 2 heterocycles. The maximum Gasteiger partial charge on any atom is 0.229 e. The topological polar surface area (TPSA) is 93.6 Å². The predicted octanol–water partition coefficient (Wildman–Crippen LogP) is 3.35. The number of hydrogen-bond acceptors (Lipinski definition) is 4. The summed E-state index contributed by atoms with van der Waals surface area (Å²) in [5, 5.41) is 23.6. The van der Waals surface area contributed by atoms with E-state index in [-0.39, 0.29) is 11.8 Å². The Morgan fingerprint density at radius 2 is 2.19 bits per heavy atom. The molecule has 1 aliphatic rings. The van der Waals surface area contributed by atoms with Crippen molar-refractivity contribution in [2.24, 2.45) is 5.92 Å². The van der Waals surface area contributed by atoms with E-state index in [0.29, 0.717) is 17.9 Å². The van der Waals surface area contributed by atoms with Crippen LogP contribution in [-0.2, 0) is 4.79 Å². The van der Waals surface area contributed by atoms with Crippen molar-refractivity contribution in [1.29, 1.82) is 5.26 Å². The van der Waals surface area contributed by atoms with E-state index < -0.39 is 0 Å². The lowest BCUT2D eigenvalue weighted by atomic mass is 9.97. The number of aromatic nitrogens is 2. The summed E-state index contributed by atoms with van der Waals surface area (Å²) >= 11 is 0. The van der Waals surface area contributed by atoms with Crippen molar-refractivity contribution in [2.75, 3.05) is 18.4 Å². The third kappa shape index (κ3) is 3.42. The maximum absolute atomic E-state index is 12.6. The summed E-state index contributed by atoms with van der Waals surface area (Å²) in [6.45, 7) is 3.70. The van der Waals surface area contributed by atoms with Crippen molar-refractivity contribution in [1.82, 2.24) is 15.5 Å². The van der Waals surface area contributed by atoms with Gasteiger partial charge in [0.2, 0.25) is 5.91 Å². The minimum absolute atomic E-state index is 0.00339. The molecule has 0 bridgehead atoms. The lowest BCUT2D eigenvalue weighted by molar-refractivity contribution is -0.120. The molecule has 2 aromatic carbocycles. The molecule has 0 unspecified atom stereocenters. The van der Waals surface area contributed by atoms with Gasteiger partial charge >= 0.3 is 0 Å². The Hall–Kier alpha value is -3.17. The minimum atomic E-state index is -0.0248. The molecule has 1 saturated heterocycles. The number of H-pyrrole nitrogens is 1. The highest BCUT2D eigenvalue weighted by Gasteiger charge is 2.22. The third-order valence-electron chi connectivity index (χ3n) is 5.15. The fraction of sp³-hybridized carbons (Fsp3) is 0.286. The second-order valence-corrected chi connectivity index (χ2v) is 7.01. The zero-order chi connectivity index (χ0) is 18.8. The molecule has 1 amide bonds. The molecule has 1 atom stereocenters. The van der Waals surface area contributed by atoms with Crippen LogP contribution in [0.3, 0.4) is 0 Å². The van der Waals surface area contributed by atoms with Crippen LogP contribution in [0.2, 0.25) is 0 Å². The molecule has 1 aromatic heterocycles. The summed E-state index contributed by atoms with van der Waals surface area (Å²) in [4.78, 5) is 12.6. The molecule has 6 nitrogen and oxygen atoms in total. The molecule has 1 fully saturated rings. The van der Waals surface area contributed by atoms with E-state index in [1.165, 1.54) is 0 Å². The summed E-state index contributed by atoms with van der Waals surface area (Å²) in [5.41, 5.74) is 4.58. The Labute approximate surface area is 157 Å². The molecule has 4 rings (SSSR count). The highest BCUT2D eigenvalue weighted by molar-refractivity contribution is 6.01. The summed E-state index contributed by atoms with van der Waals surface area (Å²) in [7, 11) is 0. The number of aromatic amines is 1. The summed E-state index contributed by atoms with van der Waals surface area (Å²) in [6, 6.07) is 13.8. The lowest BCUT2D eigenvalue weighted by Gasteiger charge is -2.21. The zero-order valence-corrected chi connectivity index (χ0v) is 15.2. The fourth-order valence-corrected chi connectivity index (χ4v) is 3.57. The van der Waals surface area contributed by atoms with Crippen LogP contribution in [0.1, 0.15) is 24.0 Å². The first kappa shape index (κ1) is 17.3. The first-order valence-electron chi connectivity index (χ1n) is 9.16. The normalized spacial score (nSPS) is 16.8. The Morgan fingerprint density at radius 3 is 2.96 bits per heavy atom. The van der Waals surface area contributed by atoms with E-state index >= 15 is 0 Å². The molecule has 0 radical (unpaired) electrons. The highest BCUT2D eigenvalue weighted by Crippen LogP contribution is 2.30. The van der Waals surface area contributed by atoms with Crippen molar-refractivity contribution in [3.8, 4) is 17.2 Å². The number of piperidine rings is 1. The maximum atomic E-state index is 12.6. The van der Waals surface area contributed by atoms with Crippen LogP contribution in [0.4, 0.5) is 5.82 Å². The number of aryl methyl sites for hydroxylation is 1. The van der Waals surface area contributed by atoms with E-state index in [0.717, 1.165) is 47.0 Å². The van der Waals surface area contributed by atoms with Crippen LogP contribution >= 0.6 is 0 Å². The van der Waals surface area contributed by atoms with Gasteiger partial charge in [0, 0.05) is 11.9 Å². The van der Waals surface area contributed by atoms with Crippen molar-refractivity contribution in [3.05, 3.63) is 47.5 Å². The van der Waals surface area contributed by atoms with Crippen molar-refractivity contribution in [3.63, 3.8) is 0 Å². The molecular weight excluding hydrogens is 338 g/mol. The number of hydrogen-bond donors (Lipinski definition) is 3. The Balaban J connectivity index is 1.67. The third-order valence-corrected chi connectivity index (χ3v) is 5.15. The van der Waals surface area contributed by atoms with Gasteiger partial charge in [-0.3, -0.25) is 9.89 Å². The highest BCUT2D eigenvalue weighted by atomic mass is 16.2. The molecule has 6 heteroatoms. The summed E-state index contributed by atoms with van der Waals surface area (Å²) in [6.07, 6.45) is 1.91. The molecule has 3 aromatic rings. The Bertz CT molecular complexity index is 1040. The molecule has 3 N–H and O–H groups in total. The largest absolute Gasteiger partial charge is 0.316 e. The molecule has 136 valence electrons. The number of benzene rings is 2.